The monoisotopic (exact) mass is 262 g/mol. The van der Waals surface area contributed by atoms with Crippen LogP contribution in [0.5, 0.6) is 5.75 Å². The van der Waals surface area contributed by atoms with Gasteiger partial charge in [-0.25, -0.2) is 0 Å². The maximum atomic E-state index is 5.85. The van der Waals surface area contributed by atoms with Gasteiger partial charge in [-0.05, 0) is 36.9 Å². The molecular weight excluding hydrogens is 248 g/mol. The Bertz CT molecular complexity index is 496. The number of ether oxygens (including phenoxy) is 1. The van der Waals surface area contributed by atoms with E-state index in [1.54, 1.807) is 13.3 Å². The van der Waals surface area contributed by atoms with E-state index < -0.39 is 0 Å². The van der Waals surface area contributed by atoms with Gasteiger partial charge >= 0.3 is 0 Å². The van der Waals surface area contributed by atoms with Crippen molar-refractivity contribution in [3.05, 3.63) is 58.9 Å². The SMILES string of the molecule is CNC(c1ccc(OC)cc1)c1ccc(Cl)cn1. The van der Waals surface area contributed by atoms with Crippen LogP contribution in [0.2, 0.25) is 5.02 Å². The zero-order valence-electron chi connectivity index (χ0n) is 10.4. The molecule has 1 atom stereocenters. The van der Waals surface area contributed by atoms with Crippen molar-refractivity contribution in [3.8, 4) is 5.75 Å². The van der Waals surface area contributed by atoms with Crippen molar-refractivity contribution in [2.75, 3.05) is 14.2 Å². The van der Waals surface area contributed by atoms with Gasteiger partial charge in [0.05, 0.1) is 23.9 Å². The van der Waals surface area contributed by atoms with E-state index in [1.807, 2.05) is 43.4 Å². The summed E-state index contributed by atoms with van der Waals surface area (Å²) in [6, 6.07) is 11.7. The van der Waals surface area contributed by atoms with Crippen molar-refractivity contribution in [1.29, 1.82) is 0 Å². The van der Waals surface area contributed by atoms with E-state index in [1.165, 1.54) is 0 Å². The fraction of sp³-hybridized carbons (Fsp3) is 0.214. The lowest BCUT2D eigenvalue weighted by molar-refractivity contribution is 0.414. The molecule has 0 amide bonds. The first-order chi connectivity index (χ1) is 8.74. The van der Waals surface area contributed by atoms with Crippen LogP contribution in [0.1, 0.15) is 17.3 Å². The summed E-state index contributed by atoms with van der Waals surface area (Å²) < 4.78 is 5.15. The highest BCUT2D eigenvalue weighted by Gasteiger charge is 2.13. The Kier molecular flexibility index (Phi) is 4.18. The summed E-state index contributed by atoms with van der Waals surface area (Å²) >= 11 is 5.85. The van der Waals surface area contributed by atoms with Crippen LogP contribution in [0.25, 0.3) is 0 Å². The number of halogens is 1. The summed E-state index contributed by atoms with van der Waals surface area (Å²) in [7, 11) is 3.57. The molecule has 2 aromatic rings. The molecule has 0 spiro atoms. The fourth-order valence-electron chi connectivity index (χ4n) is 1.84. The van der Waals surface area contributed by atoms with Crippen molar-refractivity contribution < 1.29 is 4.74 Å². The second kappa shape index (κ2) is 5.85. The molecule has 1 unspecified atom stereocenters. The van der Waals surface area contributed by atoms with Crippen LogP contribution < -0.4 is 10.1 Å². The molecule has 0 saturated carbocycles. The number of aromatic nitrogens is 1. The second-order valence-corrected chi connectivity index (χ2v) is 4.33. The second-order valence-electron chi connectivity index (χ2n) is 3.90. The summed E-state index contributed by atoms with van der Waals surface area (Å²) in [6.45, 7) is 0. The molecule has 18 heavy (non-hydrogen) atoms. The lowest BCUT2D eigenvalue weighted by Gasteiger charge is -2.16. The minimum absolute atomic E-state index is 0.0492. The smallest absolute Gasteiger partial charge is 0.118 e. The Morgan fingerprint density at radius 3 is 2.39 bits per heavy atom. The van der Waals surface area contributed by atoms with Crippen molar-refractivity contribution in [2.24, 2.45) is 0 Å². The number of hydrogen-bond acceptors (Lipinski definition) is 3. The zero-order chi connectivity index (χ0) is 13.0. The molecule has 1 heterocycles. The van der Waals surface area contributed by atoms with Crippen molar-refractivity contribution in [3.63, 3.8) is 0 Å². The number of nitrogens with one attached hydrogen (secondary N) is 1. The Labute approximate surface area is 112 Å². The predicted octanol–water partition coefficient (Wildman–Crippen LogP) is 3.05. The third-order valence-corrected chi connectivity index (χ3v) is 3.01. The van der Waals surface area contributed by atoms with E-state index in [-0.39, 0.29) is 6.04 Å². The maximum Gasteiger partial charge on any atom is 0.118 e. The molecular formula is C14H15ClN2O. The highest BCUT2D eigenvalue weighted by molar-refractivity contribution is 6.30. The van der Waals surface area contributed by atoms with Gasteiger partial charge in [-0.2, -0.15) is 0 Å². The van der Waals surface area contributed by atoms with Crippen LogP contribution in [-0.4, -0.2) is 19.1 Å². The van der Waals surface area contributed by atoms with Gasteiger partial charge in [0.2, 0.25) is 0 Å². The van der Waals surface area contributed by atoms with Gasteiger partial charge in [0.15, 0.2) is 0 Å². The molecule has 0 aliphatic carbocycles. The quantitative estimate of drug-likeness (QED) is 0.920. The van der Waals surface area contributed by atoms with Gasteiger partial charge in [0.25, 0.3) is 0 Å². The number of rotatable bonds is 4. The third kappa shape index (κ3) is 2.81. The molecule has 1 aromatic carbocycles. The molecule has 4 heteroatoms. The minimum Gasteiger partial charge on any atom is -0.497 e. The summed E-state index contributed by atoms with van der Waals surface area (Å²) in [5.74, 6) is 0.845. The molecule has 2 rings (SSSR count). The molecule has 0 fully saturated rings. The molecule has 94 valence electrons. The molecule has 3 nitrogen and oxygen atoms in total. The Balaban J connectivity index is 2.29. The number of benzene rings is 1. The van der Waals surface area contributed by atoms with E-state index in [4.69, 9.17) is 16.3 Å². The van der Waals surface area contributed by atoms with Gasteiger partial charge < -0.3 is 10.1 Å². The molecule has 0 aliphatic rings. The highest BCUT2D eigenvalue weighted by Crippen LogP contribution is 2.23. The topological polar surface area (TPSA) is 34.1 Å². The van der Waals surface area contributed by atoms with Crippen LogP contribution in [0, 0.1) is 0 Å². The van der Waals surface area contributed by atoms with Crippen molar-refractivity contribution in [2.45, 2.75) is 6.04 Å². The number of nitrogens with zero attached hydrogens (tertiary/aromatic N) is 1. The third-order valence-electron chi connectivity index (χ3n) is 2.78. The fourth-order valence-corrected chi connectivity index (χ4v) is 1.95. The molecule has 0 bridgehead atoms. The van der Waals surface area contributed by atoms with E-state index >= 15 is 0 Å². The number of pyridine rings is 1. The Hall–Kier alpha value is -1.58. The average molecular weight is 263 g/mol. The summed E-state index contributed by atoms with van der Waals surface area (Å²) in [4.78, 5) is 4.34. The molecule has 1 N–H and O–H groups in total. The van der Waals surface area contributed by atoms with Crippen LogP contribution in [0.4, 0.5) is 0 Å². The van der Waals surface area contributed by atoms with Crippen molar-refractivity contribution in [1.82, 2.24) is 10.3 Å². The Morgan fingerprint density at radius 1 is 1.17 bits per heavy atom. The summed E-state index contributed by atoms with van der Waals surface area (Å²) in [5, 5.41) is 3.89. The molecule has 0 aliphatic heterocycles. The van der Waals surface area contributed by atoms with Gasteiger partial charge in [0.1, 0.15) is 5.75 Å². The standard InChI is InChI=1S/C14H15ClN2O/c1-16-14(13-8-5-11(15)9-17-13)10-3-6-12(18-2)7-4-10/h3-9,14,16H,1-2H3. The van der Waals surface area contributed by atoms with Crippen LogP contribution >= 0.6 is 11.6 Å². The van der Waals surface area contributed by atoms with Crippen molar-refractivity contribution >= 4 is 11.6 Å². The minimum atomic E-state index is 0.0492. The maximum absolute atomic E-state index is 5.85. The number of methoxy groups -OCH3 is 1. The molecule has 0 saturated heterocycles. The van der Waals surface area contributed by atoms with Crippen LogP contribution in [-0.2, 0) is 0 Å². The van der Waals surface area contributed by atoms with E-state index in [0.717, 1.165) is 17.0 Å². The summed E-state index contributed by atoms with van der Waals surface area (Å²) in [5.41, 5.74) is 2.07. The zero-order valence-corrected chi connectivity index (χ0v) is 11.1. The van der Waals surface area contributed by atoms with Gasteiger partial charge in [0, 0.05) is 6.20 Å². The molecule has 1 aromatic heterocycles. The predicted molar refractivity (Wildman–Crippen MR) is 73.1 cm³/mol. The van der Waals surface area contributed by atoms with Crippen LogP contribution in [0.3, 0.4) is 0 Å². The van der Waals surface area contributed by atoms with Gasteiger partial charge in [-0.15, -0.1) is 0 Å². The van der Waals surface area contributed by atoms with E-state index in [0.29, 0.717) is 5.02 Å². The Morgan fingerprint density at radius 2 is 1.89 bits per heavy atom. The molecule has 0 radical (unpaired) electrons. The lowest BCUT2D eigenvalue weighted by Crippen LogP contribution is -2.18. The largest absolute Gasteiger partial charge is 0.497 e. The first kappa shape index (κ1) is 12.9. The highest BCUT2D eigenvalue weighted by atomic mass is 35.5. The summed E-state index contributed by atoms with van der Waals surface area (Å²) in [6.07, 6.45) is 1.66. The van der Waals surface area contributed by atoms with Crippen LogP contribution in [0.15, 0.2) is 42.6 Å². The lowest BCUT2D eigenvalue weighted by atomic mass is 10.0. The van der Waals surface area contributed by atoms with Gasteiger partial charge in [-0.1, -0.05) is 23.7 Å². The first-order valence-corrected chi connectivity index (χ1v) is 6.05. The number of hydrogen-bond donors (Lipinski definition) is 1. The average Bonchev–Trinajstić information content (AvgIpc) is 2.42. The normalized spacial score (nSPS) is 12.2. The van der Waals surface area contributed by atoms with E-state index in [9.17, 15) is 0 Å². The van der Waals surface area contributed by atoms with Gasteiger partial charge in [-0.3, -0.25) is 4.98 Å². The first-order valence-electron chi connectivity index (χ1n) is 5.67. The van der Waals surface area contributed by atoms with E-state index in [2.05, 4.69) is 10.3 Å².